The lowest BCUT2D eigenvalue weighted by Gasteiger charge is -2.17. The van der Waals surface area contributed by atoms with Crippen molar-refractivity contribution in [2.24, 2.45) is 0 Å². The monoisotopic (exact) mass is 342 g/mol. The average Bonchev–Trinajstić information content (AvgIpc) is 2.36. The molecule has 0 aliphatic carbocycles. The number of hydrogen-bond donors (Lipinski definition) is 2. The number of halogens is 1. The highest BCUT2D eigenvalue weighted by Crippen LogP contribution is 2.26. The SMILES string of the molecule is CC(=O)Nc1ccc(NC(=O)CCCSC(C)(C)C)c(Cl)c1. The summed E-state index contributed by atoms with van der Waals surface area (Å²) in [7, 11) is 0. The van der Waals surface area contributed by atoms with Crippen molar-refractivity contribution >= 4 is 46.6 Å². The highest BCUT2D eigenvalue weighted by atomic mass is 35.5. The van der Waals surface area contributed by atoms with Crippen molar-refractivity contribution in [1.82, 2.24) is 0 Å². The summed E-state index contributed by atoms with van der Waals surface area (Å²) in [5.41, 5.74) is 1.17. The van der Waals surface area contributed by atoms with Crippen LogP contribution in [-0.4, -0.2) is 22.3 Å². The normalized spacial score (nSPS) is 11.1. The van der Waals surface area contributed by atoms with Crippen LogP contribution in [0.15, 0.2) is 18.2 Å². The Hall–Kier alpha value is -1.20. The molecule has 1 rings (SSSR count). The van der Waals surface area contributed by atoms with Gasteiger partial charge in [-0.05, 0) is 30.4 Å². The summed E-state index contributed by atoms with van der Waals surface area (Å²) >= 11 is 7.95. The Morgan fingerprint density at radius 2 is 1.91 bits per heavy atom. The van der Waals surface area contributed by atoms with Gasteiger partial charge in [0.15, 0.2) is 0 Å². The first-order chi connectivity index (χ1) is 10.2. The molecule has 0 saturated carbocycles. The molecule has 0 heterocycles. The van der Waals surface area contributed by atoms with Crippen LogP contribution in [0.2, 0.25) is 5.02 Å². The zero-order chi connectivity index (χ0) is 16.8. The minimum absolute atomic E-state index is 0.0521. The molecule has 122 valence electrons. The Morgan fingerprint density at radius 1 is 1.23 bits per heavy atom. The summed E-state index contributed by atoms with van der Waals surface area (Å²) in [5, 5.41) is 5.84. The van der Waals surface area contributed by atoms with E-state index < -0.39 is 0 Å². The van der Waals surface area contributed by atoms with Crippen molar-refractivity contribution in [2.45, 2.75) is 45.3 Å². The van der Waals surface area contributed by atoms with Crippen molar-refractivity contribution in [2.75, 3.05) is 16.4 Å². The predicted molar refractivity (Wildman–Crippen MR) is 95.8 cm³/mol. The molecule has 0 aromatic heterocycles. The van der Waals surface area contributed by atoms with Gasteiger partial charge in [0, 0.05) is 23.8 Å². The van der Waals surface area contributed by atoms with Crippen LogP contribution in [0, 0.1) is 0 Å². The number of rotatable bonds is 6. The molecular formula is C16H23ClN2O2S. The molecule has 0 unspecified atom stereocenters. The fourth-order valence-corrected chi connectivity index (χ4v) is 2.85. The lowest BCUT2D eigenvalue weighted by Crippen LogP contribution is -2.13. The zero-order valence-corrected chi connectivity index (χ0v) is 15.0. The van der Waals surface area contributed by atoms with Crippen molar-refractivity contribution in [1.29, 1.82) is 0 Å². The Bertz CT molecular complexity index is 541. The molecule has 1 aromatic rings. The van der Waals surface area contributed by atoms with Crippen molar-refractivity contribution in [3.05, 3.63) is 23.2 Å². The van der Waals surface area contributed by atoms with E-state index in [4.69, 9.17) is 11.6 Å². The predicted octanol–water partition coefficient (Wildman–Crippen LogP) is 4.55. The minimum atomic E-state index is -0.163. The number of carbonyl (C=O) groups is 2. The van der Waals surface area contributed by atoms with E-state index in [0.29, 0.717) is 22.8 Å². The molecule has 2 amide bonds. The number of hydrogen-bond acceptors (Lipinski definition) is 3. The van der Waals surface area contributed by atoms with Gasteiger partial charge in [0.25, 0.3) is 0 Å². The Labute approximate surface area is 141 Å². The van der Waals surface area contributed by atoms with Crippen LogP contribution in [-0.2, 0) is 9.59 Å². The highest BCUT2D eigenvalue weighted by Gasteiger charge is 2.11. The summed E-state index contributed by atoms with van der Waals surface area (Å²) in [6, 6.07) is 5.02. The number of carbonyl (C=O) groups excluding carboxylic acids is 2. The van der Waals surface area contributed by atoms with Crippen LogP contribution in [0.1, 0.15) is 40.5 Å². The third-order valence-corrected chi connectivity index (χ3v) is 4.32. The smallest absolute Gasteiger partial charge is 0.224 e. The fourth-order valence-electron chi connectivity index (χ4n) is 1.72. The molecule has 0 bridgehead atoms. The number of nitrogens with one attached hydrogen (secondary N) is 2. The van der Waals surface area contributed by atoms with Crippen molar-refractivity contribution < 1.29 is 9.59 Å². The maximum absolute atomic E-state index is 11.9. The summed E-state index contributed by atoms with van der Waals surface area (Å²) in [6.07, 6.45) is 1.29. The number of benzene rings is 1. The van der Waals surface area contributed by atoms with E-state index in [2.05, 4.69) is 31.4 Å². The van der Waals surface area contributed by atoms with Crippen LogP contribution >= 0.6 is 23.4 Å². The van der Waals surface area contributed by atoms with Crippen LogP contribution in [0.25, 0.3) is 0 Å². The molecule has 4 nitrogen and oxygen atoms in total. The van der Waals surface area contributed by atoms with Gasteiger partial charge in [-0.15, -0.1) is 0 Å². The molecule has 1 aromatic carbocycles. The minimum Gasteiger partial charge on any atom is -0.326 e. The third-order valence-electron chi connectivity index (χ3n) is 2.65. The van der Waals surface area contributed by atoms with E-state index in [1.807, 2.05) is 11.8 Å². The van der Waals surface area contributed by atoms with Gasteiger partial charge in [0.05, 0.1) is 10.7 Å². The highest BCUT2D eigenvalue weighted by molar-refractivity contribution is 8.00. The molecule has 0 saturated heterocycles. The Balaban J connectivity index is 2.46. The van der Waals surface area contributed by atoms with E-state index in [1.54, 1.807) is 18.2 Å². The molecular weight excluding hydrogens is 320 g/mol. The van der Waals surface area contributed by atoms with Crippen LogP contribution in [0.3, 0.4) is 0 Å². The van der Waals surface area contributed by atoms with Crippen LogP contribution < -0.4 is 10.6 Å². The van der Waals surface area contributed by atoms with Gasteiger partial charge in [0.2, 0.25) is 11.8 Å². The first kappa shape index (κ1) is 18.8. The number of amides is 2. The first-order valence-electron chi connectivity index (χ1n) is 7.18. The van der Waals surface area contributed by atoms with Crippen molar-refractivity contribution in [3.63, 3.8) is 0 Å². The van der Waals surface area contributed by atoms with E-state index in [0.717, 1.165) is 12.2 Å². The number of thioether (sulfide) groups is 1. The van der Waals surface area contributed by atoms with Gasteiger partial charge >= 0.3 is 0 Å². The summed E-state index contributed by atoms with van der Waals surface area (Å²) in [5.74, 6) is 0.736. The molecule has 2 N–H and O–H groups in total. The standard InChI is InChI=1S/C16H23ClN2O2S/c1-11(20)18-12-7-8-14(13(17)10-12)19-15(21)6-5-9-22-16(2,3)4/h7-8,10H,5-6,9H2,1-4H3,(H,18,20)(H,19,21). The molecule has 0 aliphatic rings. The van der Waals surface area contributed by atoms with Gasteiger partial charge in [-0.3, -0.25) is 9.59 Å². The van der Waals surface area contributed by atoms with Gasteiger partial charge in [0.1, 0.15) is 0 Å². The second kappa shape index (κ2) is 8.44. The molecule has 0 aliphatic heterocycles. The topological polar surface area (TPSA) is 58.2 Å². The number of anilines is 2. The molecule has 0 radical (unpaired) electrons. The summed E-state index contributed by atoms with van der Waals surface area (Å²) in [4.78, 5) is 22.9. The second-order valence-electron chi connectivity index (χ2n) is 5.99. The Kier molecular flexibility index (Phi) is 7.23. The largest absolute Gasteiger partial charge is 0.326 e. The molecule has 0 fully saturated rings. The maximum atomic E-state index is 11.9. The fraction of sp³-hybridized carbons (Fsp3) is 0.500. The quantitative estimate of drug-likeness (QED) is 0.746. The van der Waals surface area contributed by atoms with Gasteiger partial charge in [-0.2, -0.15) is 11.8 Å². The van der Waals surface area contributed by atoms with Gasteiger partial charge in [-0.25, -0.2) is 0 Å². The average molecular weight is 343 g/mol. The maximum Gasteiger partial charge on any atom is 0.224 e. The lowest BCUT2D eigenvalue weighted by atomic mass is 10.2. The zero-order valence-electron chi connectivity index (χ0n) is 13.5. The second-order valence-corrected chi connectivity index (χ2v) is 8.32. The lowest BCUT2D eigenvalue weighted by molar-refractivity contribution is -0.116. The molecule has 6 heteroatoms. The van der Waals surface area contributed by atoms with Crippen molar-refractivity contribution in [3.8, 4) is 0 Å². The summed E-state index contributed by atoms with van der Waals surface area (Å²) < 4.78 is 0.222. The third kappa shape index (κ3) is 7.71. The van der Waals surface area contributed by atoms with E-state index >= 15 is 0 Å². The van der Waals surface area contributed by atoms with E-state index in [9.17, 15) is 9.59 Å². The van der Waals surface area contributed by atoms with E-state index in [1.165, 1.54) is 6.92 Å². The molecule has 0 atom stereocenters. The van der Waals surface area contributed by atoms with E-state index in [-0.39, 0.29) is 16.6 Å². The molecule has 22 heavy (non-hydrogen) atoms. The van der Waals surface area contributed by atoms with Crippen LogP contribution in [0.4, 0.5) is 11.4 Å². The Morgan fingerprint density at radius 3 is 2.45 bits per heavy atom. The first-order valence-corrected chi connectivity index (χ1v) is 8.55. The molecule has 0 spiro atoms. The summed E-state index contributed by atoms with van der Waals surface area (Å²) in [6.45, 7) is 7.91. The van der Waals surface area contributed by atoms with Gasteiger partial charge < -0.3 is 10.6 Å². The van der Waals surface area contributed by atoms with Crippen LogP contribution in [0.5, 0.6) is 0 Å². The van der Waals surface area contributed by atoms with Gasteiger partial charge in [-0.1, -0.05) is 32.4 Å².